The lowest BCUT2D eigenvalue weighted by atomic mass is 10.1. The van der Waals surface area contributed by atoms with Gasteiger partial charge in [-0.25, -0.2) is 4.39 Å². The topological polar surface area (TPSA) is 12.0 Å². The summed E-state index contributed by atoms with van der Waals surface area (Å²) in [5, 5.41) is 3.58. The second-order valence-corrected chi connectivity index (χ2v) is 6.09. The van der Waals surface area contributed by atoms with Crippen LogP contribution in [-0.4, -0.2) is 6.54 Å². The third-order valence-corrected chi connectivity index (χ3v) is 4.56. The molecule has 1 unspecified atom stereocenters. The molecule has 1 nitrogen and oxygen atoms in total. The predicted octanol–water partition coefficient (Wildman–Crippen LogP) is 5.40. The number of rotatable bonds is 7. The summed E-state index contributed by atoms with van der Waals surface area (Å²) in [5.41, 5.74) is 0.703. The zero-order valence-electron chi connectivity index (χ0n) is 12.2. The third kappa shape index (κ3) is 3.68. The van der Waals surface area contributed by atoms with E-state index >= 15 is 0 Å². The van der Waals surface area contributed by atoms with E-state index in [0.29, 0.717) is 11.6 Å². The van der Waals surface area contributed by atoms with Gasteiger partial charge in [-0.15, -0.1) is 11.3 Å². The molecule has 0 fully saturated rings. The largest absolute Gasteiger partial charge is 0.309 e. The van der Waals surface area contributed by atoms with E-state index in [1.54, 1.807) is 17.4 Å². The van der Waals surface area contributed by atoms with Crippen LogP contribution in [0.15, 0.2) is 36.4 Å². The molecule has 0 amide bonds. The van der Waals surface area contributed by atoms with Crippen LogP contribution in [0, 0.1) is 5.82 Å². The zero-order chi connectivity index (χ0) is 14.4. The smallest absolute Gasteiger partial charge is 0.131 e. The van der Waals surface area contributed by atoms with Crippen molar-refractivity contribution in [1.82, 2.24) is 5.32 Å². The van der Waals surface area contributed by atoms with Gasteiger partial charge < -0.3 is 5.32 Å². The molecule has 108 valence electrons. The van der Waals surface area contributed by atoms with E-state index in [4.69, 9.17) is 0 Å². The van der Waals surface area contributed by atoms with Crippen LogP contribution >= 0.6 is 11.3 Å². The van der Waals surface area contributed by atoms with E-state index in [2.05, 4.69) is 25.2 Å². The van der Waals surface area contributed by atoms with Crippen molar-refractivity contribution in [3.05, 3.63) is 47.1 Å². The normalized spacial score (nSPS) is 12.6. The summed E-state index contributed by atoms with van der Waals surface area (Å²) < 4.78 is 13.8. The van der Waals surface area contributed by atoms with Crippen LogP contribution in [0.2, 0.25) is 0 Å². The Balaban J connectivity index is 2.20. The third-order valence-electron chi connectivity index (χ3n) is 3.33. The average molecular weight is 291 g/mol. The second-order valence-electron chi connectivity index (χ2n) is 4.98. The first-order valence-corrected chi connectivity index (χ1v) is 8.16. The molecule has 1 aromatic carbocycles. The monoisotopic (exact) mass is 291 g/mol. The van der Waals surface area contributed by atoms with Gasteiger partial charge in [0.25, 0.3) is 0 Å². The van der Waals surface area contributed by atoms with E-state index in [1.165, 1.54) is 10.9 Å². The Morgan fingerprint density at radius 2 is 1.90 bits per heavy atom. The summed E-state index contributed by atoms with van der Waals surface area (Å²) >= 11 is 1.70. The number of thiophene rings is 1. The molecule has 0 saturated carbocycles. The highest BCUT2D eigenvalue weighted by atomic mass is 32.1. The average Bonchev–Trinajstić information content (AvgIpc) is 2.93. The lowest BCUT2D eigenvalue weighted by Gasteiger charge is -2.16. The van der Waals surface area contributed by atoms with Crippen LogP contribution < -0.4 is 5.32 Å². The zero-order valence-corrected chi connectivity index (χ0v) is 13.0. The lowest BCUT2D eigenvalue weighted by Crippen LogP contribution is -2.21. The van der Waals surface area contributed by atoms with E-state index in [9.17, 15) is 4.39 Å². The molecule has 1 atom stereocenters. The Bertz CT molecular complexity index is 535. The molecule has 0 saturated heterocycles. The summed E-state index contributed by atoms with van der Waals surface area (Å²) in [6.07, 6.45) is 3.40. The van der Waals surface area contributed by atoms with Gasteiger partial charge in [-0.1, -0.05) is 38.5 Å². The van der Waals surface area contributed by atoms with Crippen LogP contribution in [0.25, 0.3) is 10.4 Å². The fourth-order valence-corrected chi connectivity index (χ4v) is 3.44. The van der Waals surface area contributed by atoms with E-state index in [-0.39, 0.29) is 5.82 Å². The Labute approximate surface area is 124 Å². The Morgan fingerprint density at radius 1 is 1.10 bits per heavy atom. The standard InChI is InChI=1S/C17H22FNS/c1-3-7-15(19-12-4-2)17-11-10-16(20-17)13-8-5-6-9-14(13)18/h5-6,8-11,15,19H,3-4,7,12H2,1-2H3. The Morgan fingerprint density at radius 3 is 2.60 bits per heavy atom. The van der Waals surface area contributed by atoms with Gasteiger partial charge in [-0.3, -0.25) is 0 Å². The molecular formula is C17H22FNS. The second kappa shape index (κ2) is 7.55. The first kappa shape index (κ1) is 15.2. The minimum absolute atomic E-state index is 0.144. The highest BCUT2D eigenvalue weighted by molar-refractivity contribution is 7.15. The molecule has 20 heavy (non-hydrogen) atoms. The van der Waals surface area contributed by atoms with Gasteiger partial charge in [0.2, 0.25) is 0 Å². The van der Waals surface area contributed by atoms with Crippen molar-refractivity contribution >= 4 is 11.3 Å². The maximum absolute atomic E-state index is 13.8. The molecular weight excluding hydrogens is 269 g/mol. The van der Waals surface area contributed by atoms with E-state index < -0.39 is 0 Å². The van der Waals surface area contributed by atoms with Gasteiger partial charge in [0, 0.05) is 21.4 Å². The van der Waals surface area contributed by atoms with Gasteiger partial charge in [-0.2, -0.15) is 0 Å². The summed E-state index contributed by atoms with van der Waals surface area (Å²) in [7, 11) is 0. The molecule has 1 aromatic heterocycles. The van der Waals surface area contributed by atoms with Gasteiger partial charge in [0.1, 0.15) is 5.82 Å². The summed E-state index contributed by atoms with van der Waals surface area (Å²) in [4.78, 5) is 2.32. The van der Waals surface area contributed by atoms with Crippen LogP contribution in [0.3, 0.4) is 0 Å². The van der Waals surface area contributed by atoms with Gasteiger partial charge >= 0.3 is 0 Å². The van der Waals surface area contributed by atoms with Crippen LogP contribution in [0.4, 0.5) is 4.39 Å². The van der Waals surface area contributed by atoms with Crippen molar-refractivity contribution in [2.24, 2.45) is 0 Å². The molecule has 0 aliphatic heterocycles. The highest BCUT2D eigenvalue weighted by Crippen LogP contribution is 2.34. The van der Waals surface area contributed by atoms with Gasteiger partial charge in [-0.05, 0) is 37.6 Å². The summed E-state index contributed by atoms with van der Waals surface area (Å²) in [6, 6.07) is 11.6. The fraction of sp³-hybridized carbons (Fsp3) is 0.412. The number of halogens is 1. The molecule has 1 N–H and O–H groups in total. The van der Waals surface area contributed by atoms with E-state index in [0.717, 1.165) is 30.7 Å². The van der Waals surface area contributed by atoms with Gasteiger partial charge in [0.05, 0.1) is 0 Å². The minimum atomic E-state index is -0.144. The van der Waals surface area contributed by atoms with Crippen molar-refractivity contribution in [3.8, 4) is 10.4 Å². The predicted molar refractivity (Wildman–Crippen MR) is 85.7 cm³/mol. The fourth-order valence-electron chi connectivity index (χ4n) is 2.30. The molecule has 0 spiro atoms. The molecule has 0 aliphatic rings. The molecule has 0 bridgehead atoms. The Hall–Kier alpha value is -1.19. The lowest BCUT2D eigenvalue weighted by molar-refractivity contribution is 0.501. The van der Waals surface area contributed by atoms with Gasteiger partial charge in [0.15, 0.2) is 0 Å². The first-order chi connectivity index (χ1) is 9.76. The molecule has 2 aromatic rings. The quantitative estimate of drug-likeness (QED) is 0.720. The van der Waals surface area contributed by atoms with Crippen LogP contribution in [0.5, 0.6) is 0 Å². The van der Waals surface area contributed by atoms with Crippen LogP contribution in [-0.2, 0) is 0 Å². The van der Waals surface area contributed by atoms with Crippen molar-refractivity contribution in [2.45, 2.75) is 39.2 Å². The Kier molecular flexibility index (Phi) is 5.74. The molecule has 0 aliphatic carbocycles. The molecule has 2 rings (SSSR count). The number of benzene rings is 1. The minimum Gasteiger partial charge on any atom is -0.309 e. The maximum atomic E-state index is 13.8. The highest BCUT2D eigenvalue weighted by Gasteiger charge is 2.14. The van der Waals surface area contributed by atoms with Crippen molar-refractivity contribution in [1.29, 1.82) is 0 Å². The summed E-state index contributed by atoms with van der Waals surface area (Å²) in [5.74, 6) is -0.144. The van der Waals surface area contributed by atoms with Crippen molar-refractivity contribution < 1.29 is 4.39 Å². The molecule has 0 radical (unpaired) electrons. The first-order valence-electron chi connectivity index (χ1n) is 7.34. The van der Waals surface area contributed by atoms with Crippen molar-refractivity contribution in [2.75, 3.05) is 6.54 Å². The van der Waals surface area contributed by atoms with Crippen LogP contribution in [0.1, 0.15) is 44.0 Å². The SMILES string of the molecule is CCCNC(CCC)c1ccc(-c2ccccc2F)s1. The number of hydrogen-bond donors (Lipinski definition) is 1. The summed E-state index contributed by atoms with van der Waals surface area (Å²) in [6.45, 7) is 5.40. The number of hydrogen-bond acceptors (Lipinski definition) is 2. The molecule has 1 heterocycles. The maximum Gasteiger partial charge on any atom is 0.131 e. The van der Waals surface area contributed by atoms with E-state index in [1.807, 2.05) is 18.2 Å². The number of nitrogens with one attached hydrogen (secondary N) is 1. The van der Waals surface area contributed by atoms with Crippen molar-refractivity contribution in [3.63, 3.8) is 0 Å². The molecule has 3 heteroatoms.